The molecule has 0 saturated carbocycles. The van der Waals surface area contributed by atoms with E-state index in [9.17, 15) is 4.79 Å². The van der Waals surface area contributed by atoms with E-state index >= 15 is 0 Å². The van der Waals surface area contributed by atoms with Crippen molar-refractivity contribution in [1.82, 2.24) is 19.5 Å². The van der Waals surface area contributed by atoms with Crippen molar-refractivity contribution >= 4 is 32.7 Å². The van der Waals surface area contributed by atoms with Crippen molar-refractivity contribution in [2.45, 2.75) is 26.4 Å². The Morgan fingerprint density at radius 2 is 2.10 bits per heavy atom. The van der Waals surface area contributed by atoms with Crippen LogP contribution in [-0.2, 0) is 13.1 Å². The largest absolute Gasteiger partial charge is 0.378 e. The molecule has 1 aromatic carbocycles. The van der Waals surface area contributed by atoms with Gasteiger partial charge in [0.1, 0.15) is 0 Å². The topological polar surface area (TPSA) is 78.5 Å². The molecule has 3 aromatic rings. The maximum atomic E-state index is 11.3. The number of hydrogen-bond acceptors (Lipinski definition) is 3. The van der Waals surface area contributed by atoms with Gasteiger partial charge in [-0.2, -0.15) is 0 Å². The van der Waals surface area contributed by atoms with Crippen LogP contribution in [0.5, 0.6) is 0 Å². The van der Waals surface area contributed by atoms with Crippen LogP contribution in [0.25, 0.3) is 11.0 Å². The molecule has 0 atom stereocenters. The Kier molecular flexibility index (Phi) is 3.83. The minimum atomic E-state index is -0.199. The molecule has 0 amide bonds. The minimum Gasteiger partial charge on any atom is -0.378 e. The predicted molar refractivity (Wildman–Crippen MR) is 86.5 cm³/mol. The predicted octanol–water partition coefficient (Wildman–Crippen LogP) is 2.84. The third kappa shape index (κ3) is 2.87. The number of benzene rings is 1. The SMILES string of the molecule is CCCn1cncc1CNc1cc2[nH]c(=O)[nH]c2cc1Br. The smallest absolute Gasteiger partial charge is 0.323 e. The molecule has 110 valence electrons. The molecule has 0 aliphatic carbocycles. The normalized spacial score (nSPS) is 11.1. The number of aryl methyl sites for hydroxylation is 1. The Morgan fingerprint density at radius 3 is 2.86 bits per heavy atom. The summed E-state index contributed by atoms with van der Waals surface area (Å²) in [5.41, 5.74) is 3.43. The van der Waals surface area contributed by atoms with E-state index in [1.807, 2.05) is 24.7 Å². The number of halogens is 1. The van der Waals surface area contributed by atoms with E-state index in [0.29, 0.717) is 6.54 Å². The van der Waals surface area contributed by atoms with Crippen molar-refractivity contribution in [3.05, 3.63) is 45.3 Å². The summed E-state index contributed by atoms with van der Waals surface area (Å²) in [5, 5.41) is 3.37. The highest BCUT2D eigenvalue weighted by Crippen LogP contribution is 2.26. The van der Waals surface area contributed by atoms with Crippen LogP contribution in [0.1, 0.15) is 19.0 Å². The third-order valence-corrected chi connectivity index (χ3v) is 3.98. The summed E-state index contributed by atoms with van der Waals surface area (Å²) in [4.78, 5) is 21.0. The molecule has 7 heteroatoms. The third-order valence-electron chi connectivity index (χ3n) is 3.33. The summed E-state index contributed by atoms with van der Waals surface area (Å²) in [6.07, 6.45) is 4.79. The van der Waals surface area contributed by atoms with Gasteiger partial charge < -0.3 is 19.9 Å². The van der Waals surface area contributed by atoms with Crippen LogP contribution >= 0.6 is 15.9 Å². The highest BCUT2D eigenvalue weighted by molar-refractivity contribution is 9.10. The van der Waals surface area contributed by atoms with Crippen molar-refractivity contribution < 1.29 is 0 Å². The van der Waals surface area contributed by atoms with Gasteiger partial charge in [-0.15, -0.1) is 0 Å². The molecule has 0 aliphatic heterocycles. The maximum absolute atomic E-state index is 11.3. The molecule has 0 saturated heterocycles. The molecule has 3 N–H and O–H groups in total. The zero-order valence-electron chi connectivity index (χ0n) is 11.6. The number of H-pyrrole nitrogens is 2. The lowest BCUT2D eigenvalue weighted by Crippen LogP contribution is -2.07. The number of aromatic nitrogens is 4. The monoisotopic (exact) mass is 349 g/mol. The van der Waals surface area contributed by atoms with Crippen molar-refractivity contribution in [3.8, 4) is 0 Å². The number of rotatable bonds is 5. The van der Waals surface area contributed by atoms with Crippen LogP contribution in [0.15, 0.2) is 33.9 Å². The van der Waals surface area contributed by atoms with E-state index < -0.39 is 0 Å². The average molecular weight is 350 g/mol. The fraction of sp³-hybridized carbons (Fsp3) is 0.286. The van der Waals surface area contributed by atoms with Gasteiger partial charge in [0.05, 0.1) is 35.3 Å². The number of nitrogens with zero attached hydrogens (tertiary/aromatic N) is 2. The molecule has 2 heterocycles. The highest BCUT2D eigenvalue weighted by atomic mass is 79.9. The second-order valence-corrected chi connectivity index (χ2v) is 5.74. The lowest BCUT2D eigenvalue weighted by molar-refractivity contribution is 0.651. The molecular weight excluding hydrogens is 334 g/mol. The Balaban J connectivity index is 1.82. The molecule has 0 radical (unpaired) electrons. The van der Waals surface area contributed by atoms with Crippen molar-refractivity contribution in [3.63, 3.8) is 0 Å². The first kappa shape index (κ1) is 13.9. The van der Waals surface area contributed by atoms with Crippen molar-refractivity contribution in [1.29, 1.82) is 0 Å². The van der Waals surface area contributed by atoms with Gasteiger partial charge in [0.25, 0.3) is 0 Å². The van der Waals surface area contributed by atoms with Crippen LogP contribution in [0, 0.1) is 0 Å². The van der Waals surface area contributed by atoms with Gasteiger partial charge in [0.2, 0.25) is 0 Å². The van der Waals surface area contributed by atoms with Gasteiger partial charge in [-0.05, 0) is 34.5 Å². The van der Waals surface area contributed by atoms with E-state index in [0.717, 1.165) is 39.9 Å². The molecule has 3 rings (SSSR count). The standard InChI is InChI=1S/C14H16BrN5O/c1-2-3-20-8-16-6-9(20)7-17-11-5-13-12(4-10(11)15)18-14(21)19-13/h4-6,8,17H,2-3,7H2,1H3,(H2,18,19,21). The molecule has 6 nitrogen and oxygen atoms in total. The lowest BCUT2D eigenvalue weighted by Gasteiger charge is -2.10. The molecular formula is C14H16BrN5O. The zero-order valence-corrected chi connectivity index (χ0v) is 13.2. The van der Waals surface area contributed by atoms with Crippen molar-refractivity contribution in [2.24, 2.45) is 0 Å². The van der Waals surface area contributed by atoms with Gasteiger partial charge in [-0.3, -0.25) is 0 Å². The van der Waals surface area contributed by atoms with Crippen LogP contribution in [0.4, 0.5) is 5.69 Å². The number of imidazole rings is 2. The zero-order chi connectivity index (χ0) is 14.8. The van der Waals surface area contributed by atoms with Gasteiger partial charge in [0.15, 0.2) is 0 Å². The summed E-state index contributed by atoms with van der Waals surface area (Å²) < 4.78 is 3.05. The van der Waals surface area contributed by atoms with Crippen LogP contribution < -0.4 is 11.0 Å². The van der Waals surface area contributed by atoms with E-state index in [4.69, 9.17) is 0 Å². The number of hydrogen-bond donors (Lipinski definition) is 3. The molecule has 0 spiro atoms. The van der Waals surface area contributed by atoms with Gasteiger partial charge >= 0.3 is 5.69 Å². The molecule has 0 bridgehead atoms. The van der Waals surface area contributed by atoms with Crippen LogP contribution in [0.3, 0.4) is 0 Å². The van der Waals surface area contributed by atoms with E-state index in [2.05, 4.69) is 47.7 Å². The summed E-state index contributed by atoms with van der Waals surface area (Å²) in [6, 6.07) is 3.80. The lowest BCUT2D eigenvalue weighted by atomic mass is 10.2. The van der Waals surface area contributed by atoms with Crippen molar-refractivity contribution in [2.75, 3.05) is 5.32 Å². The molecule has 0 aliphatic rings. The number of anilines is 1. The van der Waals surface area contributed by atoms with E-state index in [1.165, 1.54) is 0 Å². The molecule has 21 heavy (non-hydrogen) atoms. The second kappa shape index (κ2) is 5.77. The minimum absolute atomic E-state index is 0.199. The van der Waals surface area contributed by atoms with Gasteiger partial charge in [-0.1, -0.05) is 6.92 Å². The Hall–Kier alpha value is -2.02. The van der Waals surface area contributed by atoms with Crippen LogP contribution in [0.2, 0.25) is 0 Å². The fourth-order valence-electron chi connectivity index (χ4n) is 2.31. The summed E-state index contributed by atoms with van der Waals surface area (Å²) in [6.45, 7) is 3.78. The summed E-state index contributed by atoms with van der Waals surface area (Å²) in [5.74, 6) is 0. The average Bonchev–Trinajstić information content (AvgIpc) is 3.02. The Bertz CT molecular complexity index is 816. The van der Waals surface area contributed by atoms with Gasteiger partial charge in [-0.25, -0.2) is 9.78 Å². The second-order valence-electron chi connectivity index (χ2n) is 4.89. The maximum Gasteiger partial charge on any atom is 0.323 e. The summed E-state index contributed by atoms with van der Waals surface area (Å²) in [7, 11) is 0. The molecule has 2 aromatic heterocycles. The number of aromatic amines is 2. The number of fused-ring (bicyclic) bond motifs is 1. The first-order valence-electron chi connectivity index (χ1n) is 6.82. The molecule has 0 fully saturated rings. The van der Waals surface area contributed by atoms with E-state index in [1.54, 1.807) is 0 Å². The van der Waals surface area contributed by atoms with Gasteiger partial charge in [0, 0.05) is 17.2 Å². The van der Waals surface area contributed by atoms with E-state index in [-0.39, 0.29) is 5.69 Å². The Morgan fingerprint density at radius 1 is 1.33 bits per heavy atom. The quantitative estimate of drug-likeness (QED) is 0.662. The first-order valence-corrected chi connectivity index (χ1v) is 7.61. The number of nitrogens with one attached hydrogen (secondary N) is 3. The van der Waals surface area contributed by atoms with Crippen LogP contribution in [-0.4, -0.2) is 19.5 Å². The Labute approximate surface area is 129 Å². The first-order chi connectivity index (χ1) is 10.2. The fourth-order valence-corrected chi connectivity index (χ4v) is 2.80. The molecule has 0 unspecified atom stereocenters. The summed E-state index contributed by atoms with van der Waals surface area (Å²) >= 11 is 3.52. The highest BCUT2D eigenvalue weighted by Gasteiger charge is 2.07.